The molecular weight excluding hydrogens is 696 g/mol. The molecule has 294 valence electrons. The van der Waals surface area contributed by atoms with Crippen molar-refractivity contribution in [1.29, 1.82) is 0 Å². The number of carboxylic acid groups (broad SMARTS) is 1. The van der Waals surface area contributed by atoms with Crippen LogP contribution in [0.15, 0.2) is 65.8 Å². The molecule has 0 bridgehead atoms. The molecule has 2 heterocycles. The van der Waals surface area contributed by atoms with Crippen molar-refractivity contribution in [3.8, 4) is 0 Å². The molecule has 0 spiro atoms. The molecule has 4 amide bonds. The number of rotatable bonds is 21. The first-order valence-electron chi connectivity index (χ1n) is 18.5. The highest BCUT2D eigenvalue weighted by Crippen LogP contribution is 2.29. The lowest BCUT2D eigenvalue weighted by molar-refractivity contribution is -0.142. The van der Waals surface area contributed by atoms with Crippen LogP contribution < -0.4 is 21.3 Å². The van der Waals surface area contributed by atoms with Crippen LogP contribution >= 0.6 is 0 Å². The summed E-state index contributed by atoms with van der Waals surface area (Å²) in [5.41, 5.74) is 1.24. The number of carboxylic acids is 1. The average Bonchev–Trinajstić information content (AvgIpc) is 3.89. The highest BCUT2D eigenvalue weighted by molar-refractivity contribution is 6.01. The molecular formula is C39H54N6O9. The van der Waals surface area contributed by atoms with Crippen LogP contribution in [-0.4, -0.2) is 121 Å². The summed E-state index contributed by atoms with van der Waals surface area (Å²) in [5, 5.41) is 24.5. The molecule has 2 aliphatic heterocycles. The summed E-state index contributed by atoms with van der Waals surface area (Å²) in [6, 6.07) is 15.1. The van der Waals surface area contributed by atoms with E-state index >= 15 is 0 Å². The van der Waals surface area contributed by atoms with E-state index in [9.17, 15) is 24.0 Å². The zero-order valence-electron chi connectivity index (χ0n) is 31.5. The van der Waals surface area contributed by atoms with E-state index in [0.29, 0.717) is 51.5 Å². The minimum Gasteiger partial charge on any atom is -0.479 e. The minimum atomic E-state index is -1.21. The molecule has 2 aliphatic rings. The lowest BCUT2D eigenvalue weighted by Crippen LogP contribution is -2.59. The minimum absolute atomic E-state index is 0.00925. The molecule has 2 aromatic carbocycles. The van der Waals surface area contributed by atoms with Crippen LogP contribution in [0.4, 0.5) is 0 Å². The van der Waals surface area contributed by atoms with Crippen LogP contribution in [0.25, 0.3) is 0 Å². The van der Waals surface area contributed by atoms with Gasteiger partial charge in [0.05, 0.1) is 32.4 Å². The van der Waals surface area contributed by atoms with Crippen molar-refractivity contribution in [3.05, 3.63) is 71.8 Å². The van der Waals surface area contributed by atoms with Gasteiger partial charge < -0.3 is 40.7 Å². The fraction of sp³-hybridized carbons (Fsp3) is 0.538. The number of amides is 4. The van der Waals surface area contributed by atoms with E-state index in [4.69, 9.17) is 19.4 Å². The fourth-order valence-electron chi connectivity index (χ4n) is 6.16. The van der Waals surface area contributed by atoms with Crippen molar-refractivity contribution in [2.45, 2.75) is 83.1 Å². The number of aliphatic carboxylic acids is 1. The molecule has 2 saturated heterocycles. The Kier molecular flexibility index (Phi) is 15.9. The van der Waals surface area contributed by atoms with Crippen LogP contribution in [0.1, 0.15) is 51.7 Å². The zero-order valence-corrected chi connectivity index (χ0v) is 31.5. The second-order valence-electron chi connectivity index (χ2n) is 14.4. The Morgan fingerprint density at radius 1 is 0.833 bits per heavy atom. The predicted octanol–water partition coefficient (Wildman–Crippen LogP) is 1.45. The third-order valence-electron chi connectivity index (χ3n) is 9.18. The number of nitrogens with one attached hydrogen (secondary N) is 4. The van der Waals surface area contributed by atoms with Gasteiger partial charge in [-0.2, -0.15) is 0 Å². The number of carbonyl (C=O) groups excluding carboxylic acids is 4. The molecule has 54 heavy (non-hydrogen) atoms. The second kappa shape index (κ2) is 20.6. The topological polar surface area (TPSA) is 200 Å². The Morgan fingerprint density at radius 3 is 2.00 bits per heavy atom. The first-order chi connectivity index (χ1) is 25.8. The van der Waals surface area contributed by atoms with E-state index in [1.807, 2.05) is 79.4 Å². The van der Waals surface area contributed by atoms with E-state index in [2.05, 4.69) is 26.4 Å². The number of epoxide rings is 1. The Bertz CT molecular complexity index is 1580. The molecule has 2 aromatic rings. The van der Waals surface area contributed by atoms with Crippen LogP contribution in [-0.2, 0) is 51.1 Å². The van der Waals surface area contributed by atoms with Crippen molar-refractivity contribution < 1.29 is 43.4 Å². The Balaban J connectivity index is 1.50. The normalized spacial score (nSPS) is 19.5. The summed E-state index contributed by atoms with van der Waals surface area (Å²) in [6.45, 7) is 9.31. The molecule has 0 aliphatic carbocycles. The maximum Gasteiger partial charge on any atom is 0.344 e. The third kappa shape index (κ3) is 13.8. The summed E-state index contributed by atoms with van der Waals surface area (Å²) in [4.78, 5) is 73.1. The molecule has 0 aromatic heterocycles. The quantitative estimate of drug-likeness (QED) is 0.0707. The summed E-state index contributed by atoms with van der Waals surface area (Å²) in [5.74, 6) is -3.10. The lowest BCUT2D eigenvalue weighted by Gasteiger charge is -2.28. The van der Waals surface area contributed by atoms with Gasteiger partial charge in [0.15, 0.2) is 0 Å². The van der Waals surface area contributed by atoms with Gasteiger partial charge in [0.25, 0.3) is 0 Å². The highest BCUT2D eigenvalue weighted by atomic mass is 16.6. The number of hydrogen-bond donors (Lipinski definition) is 5. The number of hydrogen-bond acceptors (Lipinski definition) is 10. The maximum absolute atomic E-state index is 14.1. The van der Waals surface area contributed by atoms with Crippen LogP contribution in [0, 0.1) is 5.92 Å². The van der Waals surface area contributed by atoms with Gasteiger partial charge in [0.2, 0.25) is 30.2 Å². The monoisotopic (exact) mass is 750 g/mol. The smallest absolute Gasteiger partial charge is 0.344 e. The van der Waals surface area contributed by atoms with E-state index in [-0.39, 0.29) is 31.2 Å². The Labute approximate surface area is 316 Å². The maximum atomic E-state index is 14.1. The average molecular weight is 751 g/mol. The summed E-state index contributed by atoms with van der Waals surface area (Å²) in [6.07, 6.45) is 1.24. The van der Waals surface area contributed by atoms with E-state index < -0.39 is 60.1 Å². The van der Waals surface area contributed by atoms with Crippen LogP contribution in [0.5, 0.6) is 0 Å². The van der Waals surface area contributed by atoms with Gasteiger partial charge in [-0.3, -0.25) is 24.1 Å². The van der Waals surface area contributed by atoms with Crippen molar-refractivity contribution >= 4 is 35.3 Å². The van der Waals surface area contributed by atoms with Gasteiger partial charge >= 0.3 is 5.97 Å². The van der Waals surface area contributed by atoms with E-state index in [0.717, 1.165) is 11.1 Å². The van der Waals surface area contributed by atoms with Crippen molar-refractivity contribution in [1.82, 2.24) is 26.2 Å². The number of aryl methyl sites for hydroxylation is 1. The third-order valence-corrected chi connectivity index (χ3v) is 9.18. The molecule has 15 heteroatoms. The molecule has 0 radical (unpaired) electrons. The van der Waals surface area contributed by atoms with E-state index in [1.165, 1.54) is 0 Å². The standard InChI is InChI=1S/C39H54N6O9/c1-26(2)21-31(42-36(49)30(16-15-28-11-7-5-8-12-28)41-33(46)23-45-17-19-52-20-18-45)38(51)43-32(22-29-13-9-6-10-14-29)37(50)40-27(3)35(39(4)25-53-39)44-54-24-34(47)48/h5-14,26-27,30-32H,15-25H2,1-4H3,(H,40,50)(H,41,46)(H,42,49)(H,43,51)(H,47,48)/b44-35-/t27-,30-,31-,32-,39+/m0/s1. The number of morpholine rings is 1. The SMILES string of the molecule is CC(C)C[C@H](NC(=O)[C@H](CCc1ccccc1)NC(=O)CN1CCOCC1)C(=O)N[C@@H](Cc1ccccc1)C(=O)N[C@@H](C)/C(=N/OCC(=O)O)[C@@]1(C)CO1. The van der Waals surface area contributed by atoms with Gasteiger partial charge in [0, 0.05) is 19.5 Å². The predicted molar refractivity (Wildman–Crippen MR) is 200 cm³/mol. The number of oxime groups is 1. The first kappa shape index (κ1) is 41.9. The molecule has 0 saturated carbocycles. The summed E-state index contributed by atoms with van der Waals surface area (Å²) >= 11 is 0. The van der Waals surface area contributed by atoms with Gasteiger partial charge in [0.1, 0.15) is 29.4 Å². The second-order valence-corrected chi connectivity index (χ2v) is 14.4. The number of ether oxygens (including phenoxy) is 2. The van der Waals surface area contributed by atoms with Crippen LogP contribution in [0.3, 0.4) is 0 Å². The highest BCUT2D eigenvalue weighted by Gasteiger charge is 2.48. The number of carbonyl (C=O) groups is 5. The Hall–Kier alpha value is -4.86. The number of benzene rings is 2. The summed E-state index contributed by atoms with van der Waals surface area (Å²) < 4.78 is 10.9. The molecule has 5 atom stereocenters. The van der Waals surface area contributed by atoms with Gasteiger partial charge in [-0.1, -0.05) is 79.7 Å². The zero-order chi connectivity index (χ0) is 39.1. The molecule has 4 rings (SSSR count). The lowest BCUT2D eigenvalue weighted by atomic mass is 9.98. The molecule has 2 fully saturated rings. The van der Waals surface area contributed by atoms with Crippen LogP contribution in [0.2, 0.25) is 0 Å². The van der Waals surface area contributed by atoms with Gasteiger partial charge in [-0.25, -0.2) is 4.79 Å². The van der Waals surface area contributed by atoms with Crippen molar-refractivity contribution in [3.63, 3.8) is 0 Å². The van der Waals surface area contributed by atoms with Gasteiger partial charge in [-0.05, 0) is 50.2 Å². The Morgan fingerprint density at radius 2 is 1.41 bits per heavy atom. The number of nitrogens with zero attached hydrogens (tertiary/aromatic N) is 2. The molecule has 15 nitrogen and oxygen atoms in total. The van der Waals surface area contributed by atoms with Crippen molar-refractivity contribution in [2.75, 3.05) is 46.1 Å². The summed E-state index contributed by atoms with van der Waals surface area (Å²) in [7, 11) is 0. The van der Waals surface area contributed by atoms with Gasteiger partial charge in [-0.15, -0.1) is 0 Å². The van der Waals surface area contributed by atoms with E-state index in [1.54, 1.807) is 13.8 Å². The van der Waals surface area contributed by atoms with Crippen molar-refractivity contribution in [2.24, 2.45) is 11.1 Å². The fourth-order valence-corrected chi connectivity index (χ4v) is 6.16. The molecule has 5 N–H and O–H groups in total. The largest absolute Gasteiger partial charge is 0.479 e. The first-order valence-corrected chi connectivity index (χ1v) is 18.5. The molecule has 0 unspecified atom stereocenters.